The number of carbonyl (C=O) groups excluding carboxylic acids is 1. The van der Waals surface area contributed by atoms with E-state index in [1.165, 1.54) is 6.42 Å². The lowest BCUT2D eigenvalue weighted by molar-refractivity contribution is 0.0718. The van der Waals surface area contributed by atoms with E-state index in [1.54, 1.807) is 25.4 Å². The zero-order valence-corrected chi connectivity index (χ0v) is 16.4. The Morgan fingerprint density at radius 1 is 1.18 bits per heavy atom. The summed E-state index contributed by atoms with van der Waals surface area (Å²) in [6, 6.07) is 5.51. The Hall–Kier alpha value is -2.50. The highest BCUT2D eigenvalue weighted by atomic mass is 19.1. The van der Waals surface area contributed by atoms with Gasteiger partial charge in [0.05, 0.1) is 12.4 Å². The van der Waals surface area contributed by atoms with E-state index >= 15 is 0 Å². The summed E-state index contributed by atoms with van der Waals surface area (Å²) >= 11 is 0. The van der Waals surface area contributed by atoms with Gasteiger partial charge in [0.15, 0.2) is 0 Å². The molecule has 1 unspecified atom stereocenters. The number of nitrogens with zero attached hydrogens (tertiary/aromatic N) is 4. The summed E-state index contributed by atoms with van der Waals surface area (Å²) < 4.78 is 13.8. The third kappa shape index (κ3) is 4.16. The van der Waals surface area contributed by atoms with Crippen LogP contribution in [0.1, 0.15) is 47.3 Å². The molecule has 3 heterocycles. The van der Waals surface area contributed by atoms with E-state index in [0.717, 1.165) is 63.2 Å². The molecule has 5 nitrogen and oxygen atoms in total. The molecule has 148 valence electrons. The number of aromatic nitrogens is 2. The molecular formula is C22H27FN4O. The molecule has 1 aromatic heterocycles. The van der Waals surface area contributed by atoms with Gasteiger partial charge in [-0.25, -0.2) is 9.37 Å². The number of piperidine rings is 1. The summed E-state index contributed by atoms with van der Waals surface area (Å²) in [6.45, 7) is 5.14. The smallest absolute Gasteiger partial charge is 0.274 e. The first-order chi connectivity index (χ1) is 13.6. The van der Waals surface area contributed by atoms with Gasteiger partial charge in [-0.05, 0) is 62.1 Å². The van der Waals surface area contributed by atoms with E-state index in [9.17, 15) is 9.18 Å². The standard InChI is InChI=1S/C22H27FN4O/c1-16-5-6-17(12-19(16)23)11-18-7-10-27(15-18)21-14-24-13-20(25-21)22(28)26-8-3-2-4-9-26/h5-6,12-14,18H,2-4,7-11,15H2,1H3. The van der Waals surface area contributed by atoms with E-state index in [4.69, 9.17) is 0 Å². The summed E-state index contributed by atoms with van der Waals surface area (Å²) in [4.78, 5) is 25.7. The van der Waals surface area contributed by atoms with Crippen molar-refractivity contribution in [2.45, 2.75) is 39.0 Å². The zero-order valence-electron chi connectivity index (χ0n) is 16.4. The monoisotopic (exact) mass is 382 g/mol. The van der Waals surface area contributed by atoms with Crippen LogP contribution < -0.4 is 4.90 Å². The highest BCUT2D eigenvalue weighted by molar-refractivity contribution is 5.92. The fraction of sp³-hybridized carbons (Fsp3) is 0.500. The van der Waals surface area contributed by atoms with Crippen LogP contribution in [-0.4, -0.2) is 47.0 Å². The van der Waals surface area contributed by atoms with E-state index < -0.39 is 0 Å². The first kappa shape index (κ1) is 18.8. The Kier molecular flexibility index (Phi) is 5.55. The second kappa shape index (κ2) is 8.25. The van der Waals surface area contributed by atoms with Gasteiger partial charge in [0.1, 0.15) is 17.3 Å². The number of carbonyl (C=O) groups is 1. The van der Waals surface area contributed by atoms with Crippen LogP contribution in [0.25, 0.3) is 0 Å². The van der Waals surface area contributed by atoms with Crippen molar-refractivity contribution in [1.29, 1.82) is 0 Å². The van der Waals surface area contributed by atoms with Crippen LogP contribution in [0.3, 0.4) is 0 Å². The van der Waals surface area contributed by atoms with Gasteiger partial charge in [-0.2, -0.15) is 0 Å². The number of halogens is 1. The SMILES string of the molecule is Cc1ccc(CC2CCN(c3cncc(C(=O)N4CCCCC4)n3)C2)cc1F. The molecule has 4 rings (SSSR count). The molecule has 0 radical (unpaired) electrons. The molecule has 0 bridgehead atoms. The van der Waals surface area contributed by atoms with Crippen molar-refractivity contribution in [3.8, 4) is 0 Å². The second-order valence-corrected chi connectivity index (χ2v) is 8.00. The average molecular weight is 382 g/mol. The van der Waals surface area contributed by atoms with Crippen LogP contribution in [0.15, 0.2) is 30.6 Å². The molecule has 6 heteroatoms. The Labute approximate surface area is 165 Å². The maximum Gasteiger partial charge on any atom is 0.274 e. The van der Waals surface area contributed by atoms with Crippen LogP contribution in [-0.2, 0) is 6.42 Å². The van der Waals surface area contributed by atoms with E-state index in [2.05, 4.69) is 14.9 Å². The highest BCUT2D eigenvalue weighted by Crippen LogP contribution is 2.25. The molecule has 2 saturated heterocycles. The van der Waals surface area contributed by atoms with Gasteiger partial charge in [0.2, 0.25) is 0 Å². The summed E-state index contributed by atoms with van der Waals surface area (Å²) in [5, 5.41) is 0. The quantitative estimate of drug-likeness (QED) is 0.810. The molecule has 0 aliphatic carbocycles. The fourth-order valence-corrected chi connectivity index (χ4v) is 4.17. The average Bonchev–Trinajstić information content (AvgIpc) is 3.19. The third-order valence-electron chi connectivity index (χ3n) is 5.85. The van der Waals surface area contributed by atoms with Crippen molar-refractivity contribution in [2.75, 3.05) is 31.1 Å². The van der Waals surface area contributed by atoms with Crippen molar-refractivity contribution in [3.05, 3.63) is 53.2 Å². The van der Waals surface area contributed by atoms with E-state index in [-0.39, 0.29) is 11.7 Å². The number of amides is 1. The molecule has 1 aromatic carbocycles. The molecular weight excluding hydrogens is 355 g/mol. The summed E-state index contributed by atoms with van der Waals surface area (Å²) in [5.41, 5.74) is 2.15. The van der Waals surface area contributed by atoms with E-state index in [1.807, 2.05) is 17.0 Å². The van der Waals surface area contributed by atoms with Gasteiger partial charge in [-0.15, -0.1) is 0 Å². The number of likely N-dealkylation sites (tertiary alicyclic amines) is 1. The Bertz CT molecular complexity index is 850. The zero-order chi connectivity index (χ0) is 19.5. The molecule has 2 fully saturated rings. The second-order valence-electron chi connectivity index (χ2n) is 8.00. The van der Waals surface area contributed by atoms with Crippen molar-refractivity contribution >= 4 is 11.7 Å². The largest absolute Gasteiger partial charge is 0.355 e. The topological polar surface area (TPSA) is 49.3 Å². The van der Waals surface area contributed by atoms with Crippen molar-refractivity contribution < 1.29 is 9.18 Å². The summed E-state index contributed by atoms with van der Waals surface area (Å²) in [7, 11) is 0. The predicted octanol–water partition coefficient (Wildman–Crippen LogP) is 3.62. The minimum Gasteiger partial charge on any atom is -0.355 e. The van der Waals surface area contributed by atoms with Gasteiger partial charge in [0.25, 0.3) is 5.91 Å². The molecule has 0 spiro atoms. The molecule has 2 aromatic rings. The maximum atomic E-state index is 13.8. The van der Waals surface area contributed by atoms with Gasteiger partial charge < -0.3 is 9.80 Å². The normalized spacial score (nSPS) is 19.9. The number of hydrogen-bond acceptors (Lipinski definition) is 4. The lowest BCUT2D eigenvalue weighted by Crippen LogP contribution is -2.36. The van der Waals surface area contributed by atoms with Crippen molar-refractivity contribution in [3.63, 3.8) is 0 Å². The van der Waals surface area contributed by atoms with Crippen LogP contribution in [0.5, 0.6) is 0 Å². The molecule has 0 N–H and O–H groups in total. The minimum atomic E-state index is -0.137. The number of aryl methyl sites for hydroxylation is 1. The third-order valence-corrected chi connectivity index (χ3v) is 5.85. The Balaban J connectivity index is 1.41. The Morgan fingerprint density at radius 2 is 2.00 bits per heavy atom. The van der Waals surface area contributed by atoms with Crippen molar-refractivity contribution in [1.82, 2.24) is 14.9 Å². The van der Waals surface area contributed by atoms with Crippen LogP contribution in [0.2, 0.25) is 0 Å². The fourth-order valence-electron chi connectivity index (χ4n) is 4.17. The highest BCUT2D eigenvalue weighted by Gasteiger charge is 2.26. The van der Waals surface area contributed by atoms with Gasteiger partial charge in [-0.3, -0.25) is 9.78 Å². The predicted molar refractivity (Wildman–Crippen MR) is 107 cm³/mol. The number of hydrogen-bond donors (Lipinski definition) is 0. The summed E-state index contributed by atoms with van der Waals surface area (Å²) in [5.74, 6) is 1.06. The van der Waals surface area contributed by atoms with Crippen LogP contribution >= 0.6 is 0 Å². The van der Waals surface area contributed by atoms with Gasteiger partial charge in [-0.1, -0.05) is 12.1 Å². The number of benzene rings is 1. The molecule has 0 saturated carbocycles. The lowest BCUT2D eigenvalue weighted by Gasteiger charge is -2.26. The molecule has 2 aliphatic heterocycles. The first-order valence-corrected chi connectivity index (χ1v) is 10.2. The number of anilines is 1. The van der Waals surface area contributed by atoms with Gasteiger partial charge in [0, 0.05) is 26.2 Å². The summed E-state index contributed by atoms with van der Waals surface area (Å²) in [6.07, 6.45) is 8.51. The molecule has 2 aliphatic rings. The van der Waals surface area contributed by atoms with Crippen molar-refractivity contribution in [2.24, 2.45) is 5.92 Å². The van der Waals surface area contributed by atoms with Crippen LogP contribution in [0, 0.1) is 18.7 Å². The first-order valence-electron chi connectivity index (χ1n) is 10.2. The molecule has 28 heavy (non-hydrogen) atoms. The molecule has 1 atom stereocenters. The molecule has 1 amide bonds. The lowest BCUT2D eigenvalue weighted by atomic mass is 9.98. The Morgan fingerprint density at radius 3 is 2.79 bits per heavy atom. The maximum absolute atomic E-state index is 13.8. The van der Waals surface area contributed by atoms with E-state index in [0.29, 0.717) is 17.2 Å². The minimum absolute atomic E-state index is 0.0140. The van der Waals surface area contributed by atoms with Crippen LogP contribution in [0.4, 0.5) is 10.2 Å². The van der Waals surface area contributed by atoms with Gasteiger partial charge >= 0.3 is 0 Å². The number of rotatable bonds is 4.